The zero-order valence-electron chi connectivity index (χ0n) is 12.8. The van der Waals surface area contributed by atoms with Crippen LogP contribution >= 0.6 is 0 Å². The fourth-order valence-electron chi connectivity index (χ4n) is 1.93. The highest BCUT2D eigenvalue weighted by Gasteiger charge is 2.57. The molecule has 2 aliphatic rings. The maximum Gasteiger partial charge on any atom is 0.407 e. The predicted octanol–water partition coefficient (Wildman–Crippen LogP) is 4.12. The molecule has 106 valence electrons. The van der Waals surface area contributed by atoms with Crippen molar-refractivity contribution in [3.05, 3.63) is 0 Å². The average Bonchev–Trinajstić information content (AvgIpc) is 3.13. The lowest BCUT2D eigenvalue weighted by atomic mass is 9.88. The Kier molecular flexibility index (Phi) is 4.68. The van der Waals surface area contributed by atoms with E-state index in [0.717, 1.165) is 12.8 Å². The number of rotatable bonds is 3. The molecule has 1 atom stereocenters. The minimum atomic E-state index is -0.230. The summed E-state index contributed by atoms with van der Waals surface area (Å²) in [4.78, 5) is 11.8. The van der Waals surface area contributed by atoms with Gasteiger partial charge in [-0.05, 0) is 43.9 Å². The van der Waals surface area contributed by atoms with Gasteiger partial charge in [0, 0.05) is 6.04 Å². The molecule has 2 rings (SSSR count). The molecule has 0 radical (unpaired) electrons. The number of carbonyl (C=O) groups is 1. The largest absolute Gasteiger partial charge is 0.443 e. The van der Waals surface area contributed by atoms with E-state index in [2.05, 4.69) is 26.1 Å². The van der Waals surface area contributed by atoms with Crippen LogP contribution in [0.2, 0.25) is 0 Å². The van der Waals surface area contributed by atoms with Gasteiger partial charge in [-0.15, -0.1) is 0 Å². The first-order valence-electron chi connectivity index (χ1n) is 7.33. The standard InChI is InChI=1S/C13H23NO2.C2H6/c1-9(12(2,3)4)14-11(15)16-13(7-8-13)10-5-6-10;1-2/h9-10H,5-8H2,1-4H3,(H,14,15);1-2H3. The minimum Gasteiger partial charge on any atom is -0.443 e. The van der Waals surface area contributed by atoms with Crippen LogP contribution in [-0.4, -0.2) is 17.7 Å². The number of alkyl carbamates (subject to hydrolysis) is 1. The molecule has 0 bridgehead atoms. The van der Waals surface area contributed by atoms with Crippen LogP contribution in [-0.2, 0) is 4.74 Å². The smallest absolute Gasteiger partial charge is 0.407 e. The number of hydrogen-bond donors (Lipinski definition) is 1. The lowest BCUT2D eigenvalue weighted by Crippen LogP contribution is -2.43. The first kappa shape index (κ1) is 15.3. The highest BCUT2D eigenvalue weighted by Crippen LogP contribution is 2.56. The lowest BCUT2D eigenvalue weighted by Gasteiger charge is -2.28. The SMILES string of the molecule is CC.CC(NC(=O)OC1(C2CC2)CC1)C(C)(C)C. The van der Waals surface area contributed by atoms with E-state index in [9.17, 15) is 4.79 Å². The van der Waals surface area contributed by atoms with Gasteiger partial charge >= 0.3 is 6.09 Å². The van der Waals surface area contributed by atoms with Crippen molar-refractivity contribution in [1.82, 2.24) is 5.32 Å². The van der Waals surface area contributed by atoms with Crippen LogP contribution in [0.3, 0.4) is 0 Å². The van der Waals surface area contributed by atoms with Gasteiger partial charge < -0.3 is 10.1 Å². The van der Waals surface area contributed by atoms with Gasteiger partial charge in [-0.1, -0.05) is 34.6 Å². The van der Waals surface area contributed by atoms with E-state index < -0.39 is 0 Å². The molecule has 1 N–H and O–H groups in total. The Morgan fingerprint density at radius 3 is 2.11 bits per heavy atom. The van der Waals surface area contributed by atoms with Crippen molar-refractivity contribution in [3.63, 3.8) is 0 Å². The third-order valence-corrected chi connectivity index (χ3v) is 3.99. The Morgan fingerprint density at radius 2 is 1.78 bits per heavy atom. The Labute approximate surface area is 112 Å². The van der Waals surface area contributed by atoms with Crippen LogP contribution in [0.25, 0.3) is 0 Å². The van der Waals surface area contributed by atoms with Gasteiger partial charge in [-0.3, -0.25) is 0 Å². The molecular weight excluding hydrogens is 226 g/mol. The zero-order chi connectivity index (χ0) is 14.0. The molecule has 0 aromatic carbocycles. The van der Waals surface area contributed by atoms with Crippen molar-refractivity contribution in [1.29, 1.82) is 0 Å². The lowest BCUT2D eigenvalue weighted by molar-refractivity contribution is 0.0626. The first-order valence-corrected chi connectivity index (χ1v) is 7.33. The summed E-state index contributed by atoms with van der Waals surface area (Å²) in [5.74, 6) is 0.656. The maximum absolute atomic E-state index is 11.8. The van der Waals surface area contributed by atoms with Crippen molar-refractivity contribution in [2.45, 2.75) is 78.9 Å². The first-order chi connectivity index (χ1) is 8.33. The fourth-order valence-corrected chi connectivity index (χ4v) is 1.93. The van der Waals surface area contributed by atoms with Gasteiger partial charge in [-0.2, -0.15) is 0 Å². The molecule has 0 spiro atoms. The Bertz CT molecular complexity index is 285. The van der Waals surface area contributed by atoms with Crippen LogP contribution < -0.4 is 5.32 Å². The Morgan fingerprint density at radius 1 is 1.28 bits per heavy atom. The monoisotopic (exact) mass is 255 g/mol. The van der Waals surface area contributed by atoms with Gasteiger partial charge in [0.25, 0.3) is 0 Å². The van der Waals surface area contributed by atoms with Crippen molar-refractivity contribution < 1.29 is 9.53 Å². The van der Waals surface area contributed by atoms with E-state index >= 15 is 0 Å². The molecule has 0 heterocycles. The molecule has 2 saturated carbocycles. The van der Waals surface area contributed by atoms with Crippen molar-refractivity contribution in [2.24, 2.45) is 11.3 Å². The van der Waals surface area contributed by atoms with Crippen LogP contribution in [0.15, 0.2) is 0 Å². The molecule has 3 nitrogen and oxygen atoms in total. The molecule has 0 aromatic rings. The number of ether oxygens (including phenoxy) is 1. The molecule has 3 heteroatoms. The summed E-state index contributed by atoms with van der Waals surface area (Å²) in [6.45, 7) is 12.4. The van der Waals surface area contributed by atoms with E-state index in [1.165, 1.54) is 12.8 Å². The van der Waals surface area contributed by atoms with E-state index in [0.29, 0.717) is 5.92 Å². The molecule has 0 aliphatic heterocycles. The number of hydrogen-bond acceptors (Lipinski definition) is 2. The fraction of sp³-hybridized carbons (Fsp3) is 0.933. The summed E-state index contributed by atoms with van der Waals surface area (Å²) in [6.07, 6.45) is 4.38. The van der Waals surface area contributed by atoms with Gasteiger partial charge in [0.05, 0.1) is 0 Å². The third-order valence-electron chi connectivity index (χ3n) is 3.99. The number of nitrogens with one attached hydrogen (secondary N) is 1. The second kappa shape index (κ2) is 5.50. The van der Waals surface area contributed by atoms with Gasteiger partial charge in [0.15, 0.2) is 0 Å². The summed E-state index contributed by atoms with van der Waals surface area (Å²) in [5.41, 5.74) is 0.0109. The van der Waals surface area contributed by atoms with Gasteiger partial charge in [-0.25, -0.2) is 4.79 Å². The second-order valence-electron chi connectivity index (χ2n) is 6.46. The summed E-state index contributed by atoms with van der Waals surface area (Å²) in [6, 6.07) is 0.134. The molecular formula is C15H29NO2. The average molecular weight is 255 g/mol. The normalized spacial score (nSPS) is 22.3. The molecule has 0 aromatic heterocycles. The summed E-state index contributed by atoms with van der Waals surface area (Å²) >= 11 is 0. The predicted molar refractivity (Wildman–Crippen MR) is 74.6 cm³/mol. The van der Waals surface area contributed by atoms with Crippen LogP contribution in [0.5, 0.6) is 0 Å². The Balaban J connectivity index is 0.000000771. The minimum absolute atomic E-state index is 0.0678. The van der Waals surface area contributed by atoms with Crippen molar-refractivity contribution >= 4 is 6.09 Å². The summed E-state index contributed by atoms with van der Waals surface area (Å²) < 4.78 is 5.59. The second-order valence-corrected chi connectivity index (χ2v) is 6.46. The molecule has 2 aliphatic carbocycles. The van der Waals surface area contributed by atoms with Crippen molar-refractivity contribution in [2.75, 3.05) is 0 Å². The molecule has 0 saturated heterocycles. The van der Waals surface area contributed by atoms with E-state index in [1.54, 1.807) is 0 Å². The highest BCUT2D eigenvalue weighted by atomic mass is 16.6. The highest BCUT2D eigenvalue weighted by molar-refractivity contribution is 5.68. The third kappa shape index (κ3) is 3.89. The number of carbonyl (C=O) groups excluding carboxylic acids is 1. The van der Waals surface area contributed by atoms with Gasteiger partial charge in [0.1, 0.15) is 5.60 Å². The molecule has 18 heavy (non-hydrogen) atoms. The zero-order valence-corrected chi connectivity index (χ0v) is 12.8. The van der Waals surface area contributed by atoms with E-state index in [1.807, 2.05) is 20.8 Å². The van der Waals surface area contributed by atoms with Crippen LogP contribution in [0.4, 0.5) is 4.79 Å². The van der Waals surface area contributed by atoms with E-state index in [-0.39, 0.29) is 23.2 Å². The molecule has 2 fully saturated rings. The quantitative estimate of drug-likeness (QED) is 0.824. The van der Waals surface area contributed by atoms with Crippen LogP contribution in [0.1, 0.15) is 67.2 Å². The molecule has 1 amide bonds. The Hall–Kier alpha value is -0.730. The van der Waals surface area contributed by atoms with E-state index in [4.69, 9.17) is 4.74 Å². The summed E-state index contributed by atoms with van der Waals surface area (Å²) in [5, 5.41) is 2.94. The topological polar surface area (TPSA) is 38.3 Å². The maximum atomic E-state index is 11.8. The van der Waals surface area contributed by atoms with Gasteiger partial charge in [0.2, 0.25) is 0 Å². The summed E-state index contributed by atoms with van der Waals surface area (Å²) in [7, 11) is 0. The number of amides is 1. The molecule has 1 unspecified atom stereocenters. The van der Waals surface area contributed by atoms with Crippen LogP contribution in [0, 0.1) is 11.3 Å². The van der Waals surface area contributed by atoms with Crippen molar-refractivity contribution in [3.8, 4) is 0 Å².